The molecule has 2 N–H and O–H groups in total. The van der Waals surface area contributed by atoms with E-state index in [0.717, 1.165) is 11.1 Å². The maximum Gasteiger partial charge on any atom is 0.262 e. The first-order chi connectivity index (χ1) is 16.9. The maximum absolute atomic E-state index is 13.1. The van der Waals surface area contributed by atoms with E-state index in [-0.39, 0.29) is 18.1 Å². The molecular weight excluding hydrogens is 447 g/mol. The zero-order chi connectivity index (χ0) is 25.2. The molecule has 0 heterocycles. The fourth-order valence-corrected chi connectivity index (χ4v) is 3.17. The highest BCUT2D eigenvalue weighted by Crippen LogP contribution is 2.15. The van der Waals surface area contributed by atoms with Gasteiger partial charge in [0.05, 0.1) is 17.8 Å². The second-order valence-corrected chi connectivity index (χ2v) is 8.06. The Morgan fingerprint density at radius 2 is 1.74 bits per heavy atom. The predicted molar refractivity (Wildman–Crippen MR) is 130 cm³/mol. The van der Waals surface area contributed by atoms with Crippen molar-refractivity contribution < 1.29 is 18.7 Å². The van der Waals surface area contributed by atoms with Crippen LogP contribution in [0, 0.1) is 23.1 Å². The van der Waals surface area contributed by atoms with Gasteiger partial charge in [0.2, 0.25) is 0 Å². The van der Waals surface area contributed by atoms with Crippen molar-refractivity contribution in [2.75, 3.05) is 0 Å². The van der Waals surface area contributed by atoms with Gasteiger partial charge in [0.15, 0.2) is 0 Å². The van der Waals surface area contributed by atoms with Crippen molar-refractivity contribution >= 4 is 18.0 Å². The van der Waals surface area contributed by atoms with E-state index < -0.39 is 23.7 Å². The van der Waals surface area contributed by atoms with Gasteiger partial charge in [0.1, 0.15) is 24.2 Å². The van der Waals surface area contributed by atoms with E-state index in [0.29, 0.717) is 11.3 Å². The molecule has 1 atom stereocenters. The second-order valence-electron chi connectivity index (χ2n) is 8.06. The number of carbonyl (C=O) groups excluding carboxylic acids is 2. The van der Waals surface area contributed by atoms with E-state index >= 15 is 0 Å². The van der Waals surface area contributed by atoms with Gasteiger partial charge in [0, 0.05) is 11.1 Å². The van der Waals surface area contributed by atoms with Gasteiger partial charge in [-0.3, -0.25) is 9.59 Å². The van der Waals surface area contributed by atoms with E-state index in [1.807, 2.05) is 12.1 Å². The van der Waals surface area contributed by atoms with Gasteiger partial charge in [-0.25, -0.2) is 9.82 Å². The largest absolute Gasteiger partial charge is 0.489 e. The summed E-state index contributed by atoms with van der Waals surface area (Å²) in [6, 6.07) is 20.7. The molecule has 0 radical (unpaired) electrons. The van der Waals surface area contributed by atoms with Crippen LogP contribution >= 0.6 is 0 Å². The van der Waals surface area contributed by atoms with Crippen LogP contribution in [0.1, 0.15) is 40.9 Å². The first-order valence-corrected chi connectivity index (χ1v) is 11.0. The molecule has 0 bridgehead atoms. The van der Waals surface area contributed by atoms with E-state index in [2.05, 4.69) is 21.9 Å². The SMILES string of the molecule is CC(C)C(NC(=O)c1ccc(F)cc1)C(=O)N/N=C/c1ccc(OCc2ccccc2C#N)cc1. The quantitative estimate of drug-likeness (QED) is 0.360. The lowest BCUT2D eigenvalue weighted by atomic mass is 10.0. The number of hydrazone groups is 1. The molecule has 0 aliphatic rings. The van der Waals surface area contributed by atoms with E-state index in [9.17, 15) is 14.0 Å². The third-order valence-electron chi connectivity index (χ3n) is 5.14. The smallest absolute Gasteiger partial charge is 0.262 e. The van der Waals surface area contributed by atoms with Gasteiger partial charge in [0.25, 0.3) is 11.8 Å². The summed E-state index contributed by atoms with van der Waals surface area (Å²) in [5, 5.41) is 15.8. The number of nitriles is 1. The Labute approximate surface area is 203 Å². The molecule has 2 amide bonds. The Bertz CT molecular complexity index is 1230. The normalized spacial score (nSPS) is 11.6. The molecule has 0 saturated heterocycles. The average Bonchev–Trinajstić information content (AvgIpc) is 2.87. The lowest BCUT2D eigenvalue weighted by Crippen LogP contribution is -2.48. The number of hydrogen-bond acceptors (Lipinski definition) is 5. The summed E-state index contributed by atoms with van der Waals surface area (Å²) in [6.07, 6.45) is 1.48. The van der Waals surface area contributed by atoms with Gasteiger partial charge in [-0.15, -0.1) is 0 Å². The molecule has 3 rings (SSSR count). The van der Waals surface area contributed by atoms with Crippen molar-refractivity contribution in [3.63, 3.8) is 0 Å². The highest BCUT2D eigenvalue weighted by Gasteiger charge is 2.24. The van der Waals surface area contributed by atoms with E-state index in [1.54, 1.807) is 50.2 Å². The molecule has 35 heavy (non-hydrogen) atoms. The molecule has 0 aliphatic carbocycles. The van der Waals surface area contributed by atoms with Crippen LogP contribution in [0.25, 0.3) is 0 Å². The Hall–Kier alpha value is -4.51. The third kappa shape index (κ3) is 7.24. The second kappa shape index (κ2) is 12.1. The van der Waals surface area contributed by atoms with Gasteiger partial charge in [-0.2, -0.15) is 10.4 Å². The molecule has 0 fully saturated rings. The molecule has 0 saturated carbocycles. The van der Waals surface area contributed by atoms with Crippen molar-refractivity contribution in [3.05, 3.63) is 101 Å². The van der Waals surface area contributed by atoms with Crippen LogP contribution in [0.3, 0.4) is 0 Å². The zero-order valence-corrected chi connectivity index (χ0v) is 19.4. The number of nitrogens with one attached hydrogen (secondary N) is 2. The van der Waals surface area contributed by atoms with Gasteiger partial charge >= 0.3 is 0 Å². The molecule has 3 aromatic rings. The number of ether oxygens (including phenoxy) is 1. The van der Waals surface area contributed by atoms with Crippen LogP contribution in [0.15, 0.2) is 77.9 Å². The summed E-state index contributed by atoms with van der Waals surface area (Å²) in [4.78, 5) is 25.0. The number of rotatable bonds is 9. The number of halogens is 1. The fraction of sp³-hybridized carbons (Fsp3) is 0.185. The Kier molecular flexibility index (Phi) is 8.68. The molecular formula is C27H25FN4O3. The van der Waals surface area contributed by atoms with Gasteiger partial charge in [-0.1, -0.05) is 32.0 Å². The Morgan fingerprint density at radius 1 is 1.06 bits per heavy atom. The highest BCUT2D eigenvalue weighted by atomic mass is 19.1. The zero-order valence-electron chi connectivity index (χ0n) is 19.4. The maximum atomic E-state index is 13.1. The number of hydrogen-bond donors (Lipinski definition) is 2. The summed E-state index contributed by atoms with van der Waals surface area (Å²) >= 11 is 0. The fourth-order valence-electron chi connectivity index (χ4n) is 3.17. The molecule has 0 spiro atoms. The van der Waals surface area contributed by atoms with E-state index in [4.69, 9.17) is 10.00 Å². The summed E-state index contributed by atoms with van der Waals surface area (Å²) in [6.45, 7) is 3.87. The monoisotopic (exact) mass is 472 g/mol. The van der Waals surface area contributed by atoms with Crippen molar-refractivity contribution in [2.24, 2.45) is 11.0 Å². The lowest BCUT2D eigenvalue weighted by molar-refractivity contribution is -0.123. The third-order valence-corrected chi connectivity index (χ3v) is 5.14. The summed E-state index contributed by atoms with van der Waals surface area (Å²) in [5.74, 6) is -0.962. The minimum atomic E-state index is -0.822. The summed E-state index contributed by atoms with van der Waals surface area (Å²) in [7, 11) is 0. The van der Waals surface area contributed by atoms with Gasteiger partial charge < -0.3 is 10.1 Å². The minimum absolute atomic E-state index is 0.197. The molecule has 178 valence electrons. The predicted octanol–water partition coefficient (Wildman–Crippen LogP) is 4.18. The minimum Gasteiger partial charge on any atom is -0.489 e. The van der Waals surface area contributed by atoms with Crippen molar-refractivity contribution in [1.82, 2.24) is 10.7 Å². The Balaban J connectivity index is 1.54. The Morgan fingerprint density at radius 3 is 2.40 bits per heavy atom. The molecule has 8 heteroatoms. The first kappa shape index (κ1) is 25.1. The molecule has 0 aromatic heterocycles. The van der Waals surface area contributed by atoms with Crippen LogP contribution in [0.4, 0.5) is 4.39 Å². The topological polar surface area (TPSA) is 104 Å². The average molecular weight is 473 g/mol. The first-order valence-electron chi connectivity index (χ1n) is 11.0. The molecule has 0 aliphatic heterocycles. The van der Waals surface area contributed by atoms with Gasteiger partial charge in [-0.05, 0) is 66.1 Å². The number of benzene rings is 3. The lowest BCUT2D eigenvalue weighted by Gasteiger charge is -2.20. The van der Waals surface area contributed by atoms with Crippen molar-refractivity contribution in [1.29, 1.82) is 5.26 Å². The van der Waals surface area contributed by atoms with Crippen LogP contribution in [0.2, 0.25) is 0 Å². The van der Waals surface area contributed by atoms with Crippen LogP contribution in [0.5, 0.6) is 5.75 Å². The molecule has 7 nitrogen and oxygen atoms in total. The van der Waals surface area contributed by atoms with Crippen LogP contribution < -0.4 is 15.5 Å². The standard InChI is InChI=1S/C27H25FN4O3/c1-18(2)25(31-26(33)20-9-11-23(28)12-10-20)27(34)32-30-16-19-7-13-24(14-8-19)35-17-22-6-4-3-5-21(22)15-29/h3-14,16,18,25H,17H2,1-2H3,(H,31,33)(H,32,34)/b30-16+. The summed E-state index contributed by atoms with van der Waals surface area (Å²) < 4.78 is 18.8. The summed E-state index contributed by atoms with van der Waals surface area (Å²) in [5.41, 5.74) is 4.80. The number of amides is 2. The van der Waals surface area contributed by atoms with E-state index in [1.165, 1.54) is 30.5 Å². The van der Waals surface area contributed by atoms with Crippen LogP contribution in [-0.4, -0.2) is 24.1 Å². The molecule has 1 unspecified atom stereocenters. The van der Waals surface area contributed by atoms with Crippen molar-refractivity contribution in [3.8, 4) is 11.8 Å². The van der Waals surface area contributed by atoms with Crippen LogP contribution in [-0.2, 0) is 11.4 Å². The van der Waals surface area contributed by atoms with Crippen molar-refractivity contribution in [2.45, 2.75) is 26.5 Å². The number of carbonyl (C=O) groups is 2. The highest BCUT2D eigenvalue weighted by molar-refractivity contribution is 5.97. The number of nitrogens with zero attached hydrogens (tertiary/aromatic N) is 2. The molecule has 3 aromatic carbocycles.